The van der Waals surface area contributed by atoms with Gasteiger partial charge in [0.1, 0.15) is 5.75 Å². The summed E-state index contributed by atoms with van der Waals surface area (Å²) in [4.78, 5) is 12.0. The van der Waals surface area contributed by atoms with Crippen molar-refractivity contribution in [3.05, 3.63) is 42.1 Å². The number of amides is 1. The van der Waals surface area contributed by atoms with Crippen LogP contribution in [-0.4, -0.2) is 21.3 Å². The molecule has 4 N–H and O–H groups in total. The number of nitrogen functional groups attached to an aromatic ring is 1. The highest BCUT2D eigenvalue weighted by Crippen LogP contribution is 2.30. The van der Waals surface area contributed by atoms with Gasteiger partial charge < -0.3 is 16.2 Å². The van der Waals surface area contributed by atoms with Crippen molar-refractivity contribution < 1.29 is 14.5 Å². The van der Waals surface area contributed by atoms with Crippen LogP contribution in [0.15, 0.2) is 41.0 Å². The molecule has 7 heteroatoms. The molecule has 0 spiro atoms. The molecule has 0 atom stereocenters. The van der Waals surface area contributed by atoms with Crippen molar-refractivity contribution in [2.45, 2.75) is 0 Å². The number of hydrogen-bond acceptors (Lipinski definition) is 6. The van der Waals surface area contributed by atoms with Crippen molar-refractivity contribution in [2.24, 2.45) is 0 Å². The van der Waals surface area contributed by atoms with E-state index in [4.69, 9.17) is 5.73 Å². The Labute approximate surface area is 113 Å². The SMILES string of the molecule is Nc1nonc1C(=O)Nc1cccc2c(O)cccc12. The van der Waals surface area contributed by atoms with Gasteiger partial charge in [0.2, 0.25) is 11.5 Å². The number of anilines is 2. The van der Waals surface area contributed by atoms with Gasteiger partial charge in [-0.25, -0.2) is 4.63 Å². The number of carbonyl (C=O) groups excluding carboxylic acids is 1. The van der Waals surface area contributed by atoms with E-state index >= 15 is 0 Å². The van der Waals surface area contributed by atoms with Gasteiger partial charge in [-0.1, -0.05) is 24.3 Å². The van der Waals surface area contributed by atoms with Gasteiger partial charge in [0.15, 0.2) is 0 Å². The molecule has 0 saturated heterocycles. The zero-order chi connectivity index (χ0) is 14.1. The summed E-state index contributed by atoms with van der Waals surface area (Å²) in [5, 5.41) is 20.6. The Kier molecular flexibility index (Phi) is 2.72. The number of nitrogens with two attached hydrogens (primary N) is 1. The summed E-state index contributed by atoms with van der Waals surface area (Å²) in [6, 6.07) is 10.2. The molecule has 2 aromatic carbocycles. The molecule has 20 heavy (non-hydrogen) atoms. The minimum atomic E-state index is -0.528. The van der Waals surface area contributed by atoms with Crippen LogP contribution in [0.5, 0.6) is 5.75 Å². The summed E-state index contributed by atoms with van der Waals surface area (Å²) in [6.07, 6.45) is 0. The van der Waals surface area contributed by atoms with Gasteiger partial charge in [0.05, 0.1) is 0 Å². The van der Waals surface area contributed by atoms with Crippen molar-refractivity contribution in [1.29, 1.82) is 0 Å². The third kappa shape index (κ3) is 1.91. The van der Waals surface area contributed by atoms with Crippen molar-refractivity contribution in [2.75, 3.05) is 11.1 Å². The third-order valence-corrected chi connectivity index (χ3v) is 2.88. The highest BCUT2D eigenvalue weighted by Gasteiger charge is 2.17. The van der Waals surface area contributed by atoms with Crippen LogP contribution in [0.1, 0.15) is 10.5 Å². The van der Waals surface area contributed by atoms with Crippen molar-refractivity contribution in [3.8, 4) is 5.75 Å². The summed E-state index contributed by atoms with van der Waals surface area (Å²) in [6.45, 7) is 0. The molecule has 7 nitrogen and oxygen atoms in total. The number of nitrogens with one attached hydrogen (secondary N) is 1. The van der Waals surface area contributed by atoms with E-state index < -0.39 is 5.91 Å². The molecule has 1 heterocycles. The maximum Gasteiger partial charge on any atom is 0.281 e. The zero-order valence-corrected chi connectivity index (χ0v) is 10.2. The minimum Gasteiger partial charge on any atom is -0.507 e. The molecule has 100 valence electrons. The number of benzene rings is 2. The molecule has 3 rings (SSSR count). The molecular formula is C13H10N4O3. The maximum absolute atomic E-state index is 12.0. The number of phenolic OH excluding ortho intramolecular Hbond substituents is 1. The first-order chi connectivity index (χ1) is 9.66. The number of fused-ring (bicyclic) bond motifs is 1. The first-order valence-corrected chi connectivity index (χ1v) is 5.77. The summed E-state index contributed by atoms with van der Waals surface area (Å²) >= 11 is 0. The Balaban J connectivity index is 2.02. The van der Waals surface area contributed by atoms with Gasteiger partial charge in [-0.2, -0.15) is 0 Å². The van der Waals surface area contributed by atoms with Crippen LogP contribution in [-0.2, 0) is 0 Å². The lowest BCUT2D eigenvalue weighted by atomic mass is 10.1. The second-order valence-electron chi connectivity index (χ2n) is 4.13. The fraction of sp³-hybridized carbons (Fsp3) is 0. The number of aromatic nitrogens is 2. The van der Waals surface area contributed by atoms with Gasteiger partial charge in [-0.15, -0.1) is 0 Å². The predicted molar refractivity (Wildman–Crippen MR) is 72.3 cm³/mol. The van der Waals surface area contributed by atoms with Gasteiger partial charge in [-0.05, 0) is 22.4 Å². The molecule has 1 amide bonds. The summed E-state index contributed by atoms with van der Waals surface area (Å²) in [5.74, 6) is -0.466. The van der Waals surface area contributed by atoms with E-state index in [2.05, 4.69) is 20.3 Å². The quantitative estimate of drug-likeness (QED) is 0.653. The molecule has 0 bridgehead atoms. The summed E-state index contributed by atoms with van der Waals surface area (Å²) < 4.78 is 4.38. The molecular weight excluding hydrogens is 260 g/mol. The Morgan fingerprint density at radius 2 is 1.90 bits per heavy atom. The molecule has 1 aromatic heterocycles. The molecule has 3 aromatic rings. The largest absolute Gasteiger partial charge is 0.507 e. The fourth-order valence-electron chi connectivity index (χ4n) is 1.94. The topological polar surface area (TPSA) is 114 Å². The van der Waals surface area contributed by atoms with Gasteiger partial charge in [0.25, 0.3) is 5.91 Å². The van der Waals surface area contributed by atoms with E-state index in [1.165, 1.54) is 0 Å². The van der Waals surface area contributed by atoms with E-state index in [0.717, 1.165) is 0 Å². The fourth-order valence-corrected chi connectivity index (χ4v) is 1.94. The lowest BCUT2D eigenvalue weighted by Gasteiger charge is -2.08. The number of carbonyl (C=O) groups is 1. The highest BCUT2D eigenvalue weighted by molar-refractivity contribution is 6.10. The second kappa shape index (κ2) is 4.54. The second-order valence-corrected chi connectivity index (χ2v) is 4.13. The standard InChI is InChI=1S/C13H10N4O3/c14-12-11(16-20-17-12)13(19)15-9-5-1-4-8-7(9)3-2-6-10(8)18/h1-6,18H,(H2,14,17)(H,15,19). The van der Waals surface area contributed by atoms with Crippen LogP contribution in [0.2, 0.25) is 0 Å². The van der Waals surface area contributed by atoms with Crippen LogP contribution in [0.25, 0.3) is 10.8 Å². The molecule has 0 fully saturated rings. The molecule has 0 saturated carbocycles. The molecule has 0 aliphatic rings. The minimum absolute atomic E-state index is 0.0782. The number of phenols is 1. The Morgan fingerprint density at radius 1 is 1.15 bits per heavy atom. The Morgan fingerprint density at radius 3 is 2.65 bits per heavy atom. The molecule has 0 radical (unpaired) electrons. The van der Waals surface area contributed by atoms with E-state index in [1.54, 1.807) is 36.4 Å². The van der Waals surface area contributed by atoms with Crippen molar-refractivity contribution in [1.82, 2.24) is 10.3 Å². The van der Waals surface area contributed by atoms with Crippen molar-refractivity contribution in [3.63, 3.8) is 0 Å². The van der Waals surface area contributed by atoms with E-state index in [-0.39, 0.29) is 17.3 Å². The molecule has 0 aliphatic heterocycles. The lowest BCUT2D eigenvalue weighted by Crippen LogP contribution is -2.14. The van der Waals surface area contributed by atoms with E-state index in [0.29, 0.717) is 16.5 Å². The van der Waals surface area contributed by atoms with Gasteiger partial charge in [0, 0.05) is 16.5 Å². The first kappa shape index (κ1) is 12.0. The van der Waals surface area contributed by atoms with Gasteiger partial charge >= 0.3 is 0 Å². The third-order valence-electron chi connectivity index (χ3n) is 2.88. The van der Waals surface area contributed by atoms with E-state index in [9.17, 15) is 9.90 Å². The van der Waals surface area contributed by atoms with Crippen LogP contribution < -0.4 is 11.1 Å². The van der Waals surface area contributed by atoms with Crippen LogP contribution >= 0.6 is 0 Å². The van der Waals surface area contributed by atoms with Crippen LogP contribution in [0.4, 0.5) is 11.5 Å². The molecule has 0 unspecified atom stereocenters. The number of nitrogens with zero attached hydrogens (tertiary/aromatic N) is 2. The van der Waals surface area contributed by atoms with Crippen molar-refractivity contribution >= 4 is 28.2 Å². The summed E-state index contributed by atoms with van der Waals surface area (Å²) in [7, 11) is 0. The number of rotatable bonds is 2. The average molecular weight is 270 g/mol. The number of hydrogen-bond donors (Lipinski definition) is 3. The smallest absolute Gasteiger partial charge is 0.281 e. The Bertz CT molecular complexity index is 797. The number of aromatic hydroxyl groups is 1. The lowest BCUT2D eigenvalue weighted by molar-refractivity contribution is 0.101. The van der Waals surface area contributed by atoms with Crippen LogP contribution in [0, 0.1) is 0 Å². The highest BCUT2D eigenvalue weighted by atomic mass is 16.6. The van der Waals surface area contributed by atoms with Crippen LogP contribution in [0.3, 0.4) is 0 Å². The molecule has 0 aliphatic carbocycles. The Hall–Kier alpha value is -3.09. The summed E-state index contributed by atoms with van der Waals surface area (Å²) in [5.41, 5.74) is 5.92. The predicted octanol–water partition coefficient (Wildman–Crippen LogP) is 1.76. The monoisotopic (exact) mass is 270 g/mol. The normalized spacial score (nSPS) is 10.6. The maximum atomic E-state index is 12.0. The first-order valence-electron chi connectivity index (χ1n) is 5.77. The average Bonchev–Trinajstić information content (AvgIpc) is 2.86. The van der Waals surface area contributed by atoms with E-state index in [1.807, 2.05) is 0 Å². The zero-order valence-electron chi connectivity index (χ0n) is 10.2. The van der Waals surface area contributed by atoms with Gasteiger partial charge in [-0.3, -0.25) is 4.79 Å².